The molecule has 2 N–H and O–H groups in total. The van der Waals surface area contributed by atoms with Gasteiger partial charge in [-0.25, -0.2) is 9.97 Å². The summed E-state index contributed by atoms with van der Waals surface area (Å²) in [6.07, 6.45) is 8.87. The van der Waals surface area contributed by atoms with Crippen molar-refractivity contribution >= 4 is 17.7 Å². The van der Waals surface area contributed by atoms with Crippen molar-refractivity contribution in [3.63, 3.8) is 0 Å². The van der Waals surface area contributed by atoms with Gasteiger partial charge < -0.3 is 20.1 Å². The van der Waals surface area contributed by atoms with Crippen LogP contribution < -0.4 is 10.1 Å². The molecule has 1 fully saturated rings. The lowest BCUT2D eigenvalue weighted by atomic mass is 9.85. The molecule has 0 saturated carbocycles. The lowest BCUT2D eigenvalue weighted by Gasteiger charge is -2.32. The van der Waals surface area contributed by atoms with E-state index in [1.807, 2.05) is 11.0 Å². The number of fused-ring (bicyclic) bond motifs is 1. The summed E-state index contributed by atoms with van der Waals surface area (Å²) in [4.78, 5) is 35.1. The molecule has 8 nitrogen and oxygen atoms in total. The van der Waals surface area contributed by atoms with Gasteiger partial charge in [0, 0.05) is 44.0 Å². The predicted molar refractivity (Wildman–Crippen MR) is 134 cm³/mol. The monoisotopic (exact) mass is 480 g/mol. The van der Waals surface area contributed by atoms with Gasteiger partial charge >= 0.3 is 5.97 Å². The average Bonchev–Trinajstić information content (AvgIpc) is 2.89. The van der Waals surface area contributed by atoms with E-state index in [1.54, 1.807) is 19.4 Å². The van der Waals surface area contributed by atoms with E-state index in [-0.39, 0.29) is 18.2 Å². The Balaban J connectivity index is 1.22. The number of aliphatic carboxylic acids is 1. The van der Waals surface area contributed by atoms with E-state index >= 15 is 0 Å². The standard InChI is InChI=1S/C27H36N4O4/c1-35-24-10-7-22(18-29-24)21(17-26(33)34)5-4-19-12-15-31(16-13-19)25(32)11-9-23-8-6-20-3-2-14-28-27(20)30-23/h6-8,10,18-19,21H,2-5,9,11-17H2,1H3,(H,28,30)(H,33,34)/t21-/m1/s1. The number of amides is 1. The number of likely N-dealkylation sites (tertiary alicyclic amines) is 1. The summed E-state index contributed by atoms with van der Waals surface area (Å²) >= 11 is 0. The third-order valence-corrected chi connectivity index (χ3v) is 7.30. The Labute approximate surface area is 207 Å². The number of pyridine rings is 2. The number of carboxylic acids is 1. The van der Waals surface area contributed by atoms with Gasteiger partial charge in [-0.1, -0.05) is 12.1 Å². The molecular weight excluding hydrogens is 444 g/mol. The highest BCUT2D eigenvalue weighted by Crippen LogP contribution is 2.31. The number of aryl methyl sites for hydroxylation is 2. The second kappa shape index (κ2) is 12.0. The number of piperidine rings is 1. The fraction of sp³-hybridized carbons (Fsp3) is 0.556. The number of carbonyl (C=O) groups excluding carboxylic acids is 1. The number of anilines is 1. The molecule has 0 aromatic carbocycles. The second-order valence-corrected chi connectivity index (χ2v) is 9.67. The van der Waals surface area contributed by atoms with Crippen LogP contribution in [0.25, 0.3) is 0 Å². The van der Waals surface area contributed by atoms with Crippen molar-refractivity contribution in [3.05, 3.63) is 47.3 Å². The molecule has 2 aliphatic rings. The van der Waals surface area contributed by atoms with Crippen LogP contribution in [0.15, 0.2) is 30.5 Å². The number of rotatable bonds is 10. The number of ether oxygens (including phenoxy) is 1. The van der Waals surface area contributed by atoms with Gasteiger partial charge in [0.2, 0.25) is 11.8 Å². The first kappa shape index (κ1) is 24.9. The fourth-order valence-electron chi connectivity index (χ4n) is 5.16. The van der Waals surface area contributed by atoms with E-state index in [4.69, 9.17) is 9.72 Å². The van der Waals surface area contributed by atoms with E-state index in [0.717, 1.165) is 75.2 Å². The Kier molecular flexibility index (Phi) is 8.55. The number of aromatic nitrogens is 2. The van der Waals surface area contributed by atoms with Crippen LogP contribution in [0.3, 0.4) is 0 Å². The van der Waals surface area contributed by atoms with Gasteiger partial charge in [-0.2, -0.15) is 0 Å². The molecule has 2 aliphatic heterocycles. The van der Waals surface area contributed by atoms with Crippen molar-refractivity contribution in [2.45, 2.75) is 63.7 Å². The predicted octanol–water partition coefficient (Wildman–Crippen LogP) is 4.05. The zero-order valence-corrected chi connectivity index (χ0v) is 20.5. The van der Waals surface area contributed by atoms with Gasteiger partial charge in [0.15, 0.2) is 0 Å². The number of nitrogens with one attached hydrogen (secondary N) is 1. The summed E-state index contributed by atoms with van der Waals surface area (Å²) in [5.74, 6) is 1.35. The molecule has 4 rings (SSSR count). The lowest BCUT2D eigenvalue weighted by molar-refractivity contribution is -0.137. The van der Waals surface area contributed by atoms with Crippen LogP contribution in [0.1, 0.15) is 67.7 Å². The van der Waals surface area contributed by atoms with Crippen LogP contribution in [0, 0.1) is 5.92 Å². The van der Waals surface area contributed by atoms with Crippen molar-refractivity contribution in [1.82, 2.24) is 14.9 Å². The van der Waals surface area contributed by atoms with Crippen molar-refractivity contribution < 1.29 is 19.4 Å². The molecule has 2 aromatic rings. The average molecular weight is 481 g/mol. The zero-order chi connectivity index (χ0) is 24.6. The van der Waals surface area contributed by atoms with Crippen molar-refractivity contribution in [1.29, 1.82) is 0 Å². The molecule has 188 valence electrons. The molecular formula is C27H36N4O4. The van der Waals surface area contributed by atoms with Crippen LogP contribution in [0.4, 0.5) is 5.82 Å². The summed E-state index contributed by atoms with van der Waals surface area (Å²) in [5.41, 5.74) is 3.17. The molecule has 4 heterocycles. The van der Waals surface area contributed by atoms with Crippen LogP contribution in [0.5, 0.6) is 5.88 Å². The normalized spacial score (nSPS) is 16.8. The largest absolute Gasteiger partial charge is 0.481 e. The smallest absolute Gasteiger partial charge is 0.303 e. The van der Waals surface area contributed by atoms with Crippen LogP contribution >= 0.6 is 0 Å². The molecule has 0 aliphatic carbocycles. The minimum absolute atomic E-state index is 0.0656. The Hall–Kier alpha value is -3.16. The zero-order valence-electron chi connectivity index (χ0n) is 20.5. The Morgan fingerprint density at radius 1 is 1.23 bits per heavy atom. The van der Waals surface area contributed by atoms with Gasteiger partial charge in [-0.05, 0) is 74.0 Å². The number of methoxy groups -OCH3 is 1. The highest BCUT2D eigenvalue weighted by atomic mass is 16.5. The minimum atomic E-state index is -0.796. The Morgan fingerprint density at radius 3 is 2.77 bits per heavy atom. The second-order valence-electron chi connectivity index (χ2n) is 9.67. The number of hydrogen-bond donors (Lipinski definition) is 2. The lowest BCUT2D eigenvalue weighted by Crippen LogP contribution is -2.38. The van der Waals surface area contributed by atoms with E-state index in [1.165, 1.54) is 5.56 Å². The number of carbonyl (C=O) groups is 2. The molecule has 8 heteroatoms. The number of hydrogen-bond acceptors (Lipinski definition) is 6. The quantitative estimate of drug-likeness (QED) is 0.528. The maximum absolute atomic E-state index is 12.8. The van der Waals surface area contributed by atoms with E-state index < -0.39 is 5.97 Å². The third-order valence-electron chi connectivity index (χ3n) is 7.30. The Bertz CT molecular complexity index is 1000. The van der Waals surface area contributed by atoms with Crippen LogP contribution in [-0.4, -0.2) is 58.6 Å². The first-order chi connectivity index (χ1) is 17.0. The molecule has 0 unspecified atom stereocenters. The van der Waals surface area contributed by atoms with Crippen LogP contribution in [0.2, 0.25) is 0 Å². The number of carboxylic acid groups (broad SMARTS) is 1. The number of nitrogens with zero attached hydrogens (tertiary/aromatic N) is 3. The van der Waals surface area contributed by atoms with Crippen molar-refractivity contribution in [2.75, 3.05) is 32.1 Å². The summed E-state index contributed by atoms with van der Waals surface area (Å²) in [6, 6.07) is 7.88. The summed E-state index contributed by atoms with van der Waals surface area (Å²) in [6.45, 7) is 2.51. The topological polar surface area (TPSA) is 105 Å². The molecule has 1 amide bonds. The first-order valence-corrected chi connectivity index (χ1v) is 12.7. The van der Waals surface area contributed by atoms with E-state index in [9.17, 15) is 14.7 Å². The SMILES string of the molecule is COc1ccc([C@H](CCC2CCN(C(=O)CCc3ccc4c(n3)NCCC4)CC2)CC(=O)O)cn1. The molecule has 1 saturated heterocycles. The van der Waals surface area contributed by atoms with E-state index in [2.05, 4.69) is 22.4 Å². The third kappa shape index (κ3) is 6.93. The maximum atomic E-state index is 12.8. The first-order valence-electron chi connectivity index (χ1n) is 12.7. The summed E-state index contributed by atoms with van der Waals surface area (Å²) in [5, 5.41) is 12.7. The highest BCUT2D eigenvalue weighted by molar-refractivity contribution is 5.76. The maximum Gasteiger partial charge on any atom is 0.303 e. The molecule has 0 spiro atoms. The van der Waals surface area contributed by atoms with Gasteiger partial charge in [0.05, 0.1) is 13.5 Å². The van der Waals surface area contributed by atoms with Crippen LogP contribution in [-0.2, 0) is 22.4 Å². The molecule has 2 aromatic heterocycles. The van der Waals surface area contributed by atoms with Crippen molar-refractivity contribution in [2.24, 2.45) is 5.92 Å². The highest BCUT2D eigenvalue weighted by Gasteiger charge is 2.25. The van der Waals surface area contributed by atoms with Gasteiger partial charge in [0.25, 0.3) is 0 Å². The summed E-state index contributed by atoms with van der Waals surface area (Å²) < 4.78 is 5.11. The fourth-order valence-corrected chi connectivity index (χ4v) is 5.16. The molecule has 1 atom stereocenters. The van der Waals surface area contributed by atoms with Gasteiger partial charge in [0.1, 0.15) is 5.82 Å². The minimum Gasteiger partial charge on any atom is -0.481 e. The van der Waals surface area contributed by atoms with Crippen molar-refractivity contribution in [3.8, 4) is 5.88 Å². The molecule has 0 radical (unpaired) electrons. The summed E-state index contributed by atoms with van der Waals surface area (Å²) in [7, 11) is 1.57. The molecule has 35 heavy (non-hydrogen) atoms. The Morgan fingerprint density at radius 2 is 2.06 bits per heavy atom. The molecule has 0 bridgehead atoms. The van der Waals surface area contributed by atoms with Gasteiger partial charge in [-0.3, -0.25) is 9.59 Å². The van der Waals surface area contributed by atoms with E-state index in [0.29, 0.717) is 24.6 Å². The van der Waals surface area contributed by atoms with Gasteiger partial charge in [-0.15, -0.1) is 0 Å².